The first-order valence-electron chi connectivity index (χ1n) is 10.00. The highest BCUT2D eigenvalue weighted by molar-refractivity contribution is 7.11. The Bertz CT molecular complexity index is 790. The lowest BCUT2D eigenvalue weighted by Crippen LogP contribution is -2.48. The molecule has 2 heterocycles. The fourth-order valence-electron chi connectivity index (χ4n) is 3.91. The molecule has 2 aliphatic rings. The van der Waals surface area contributed by atoms with Crippen molar-refractivity contribution in [3.63, 3.8) is 0 Å². The van der Waals surface area contributed by atoms with E-state index in [9.17, 15) is 4.79 Å². The minimum absolute atomic E-state index is 0.114. The van der Waals surface area contributed by atoms with Crippen LogP contribution in [0.15, 0.2) is 24.3 Å². The zero-order chi connectivity index (χ0) is 19.0. The van der Waals surface area contributed by atoms with Crippen molar-refractivity contribution in [2.75, 3.05) is 26.2 Å². The number of hydrogen-bond donors (Lipinski definition) is 0. The van der Waals surface area contributed by atoms with Gasteiger partial charge in [0.15, 0.2) is 0 Å². The molecular formula is C22H29N3OS. The van der Waals surface area contributed by atoms with Gasteiger partial charge in [-0.1, -0.05) is 32.9 Å². The van der Waals surface area contributed by atoms with E-state index >= 15 is 0 Å². The number of rotatable bonds is 3. The van der Waals surface area contributed by atoms with E-state index < -0.39 is 0 Å². The number of carbonyl (C=O) groups excluding carboxylic acids is 1. The Morgan fingerprint density at radius 3 is 2.41 bits per heavy atom. The van der Waals surface area contributed by atoms with Crippen LogP contribution in [0.4, 0.5) is 0 Å². The standard InChI is InChI=1S/C22H29N3OS/c1-22(2,3)17-9-7-16(8-10-17)21(26)25-13-11-24(12-14-25)15-20-23-18-5-4-6-19(18)27-20/h7-10H,4-6,11-15H2,1-3H3. The number of fused-ring (bicyclic) bond motifs is 1. The third-order valence-corrected chi connectivity index (χ3v) is 6.80. The Morgan fingerprint density at radius 2 is 1.78 bits per heavy atom. The van der Waals surface area contributed by atoms with E-state index in [1.165, 1.54) is 34.0 Å². The lowest BCUT2D eigenvalue weighted by Gasteiger charge is -2.34. The summed E-state index contributed by atoms with van der Waals surface area (Å²) in [6.45, 7) is 11.0. The molecule has 0 atom stereocenters. The quantitative estimate of drug-likeness (QED) is 0.807. The van der Waals surface area contributed by atoms with Crippen LogP contribution in [-0.2, 0) is 24.8 Å². The second-order valence-corrected chi connectivity index (χ2v) is 9.89. The number of thiazole rings is 1. The smallest absolute Gasteiger partial charge is 0.253 e. The molecule has 1 aliphatic carbocycles. The van der Waals surface area contributed by atoms with E-state index in [0.29, 0.717) is 0 Å². The van der Waals surface area contributed by atoms with E-state index in [1.807, 2.05) is 28.4 Å². The zero-order valence-corrected chi connectivity index (χ0v) is 17.4. The number of aromatic nitrogens is 1. The zero-order valence-electron chi connectivity index (χ0n) is 16.6. The highest BCUT2D eigenvalue weighted by atomic mass is 32.1. The summed E-state index contributed by atoms with van der Waals surface area (Å²) in [7, 11) is 0. The number of carbonyl (C=O) groups is 1. The topological polar surface area (TPSA) is 36.4 Å². The molecule has 1 fully saturated rings. The predicted molar refractivity (Wildman–Crippen MR) is 110 cm³/mol. The van der Waals surface area contributed by atoms with Crippen molar-refractivity contribution in [2.24, 2.45) is 0 Å². The molecule has 0 unspecified atom stereocenters. The molecule has 1 aliphatic heterocycles. The molecule has 4 rings (SSSR count). The average molecular weight is 384 g/mol. The molecule has 1 amide bonds. The van der Waals surface area contributed by atoms with Crippen molar-refractivity contribution in [3.8, 4) is 0 Å². The second kappa shape index (κ2) is 7.36. The van der Waals surface area contributed by atoms with Gasteiger partial charge in [0.1, 0.15) is 5.01 Å². The van der Waals surface area contributed by atoms with Crippen LogP contribution in [-0.4, -0.2) is 46.9 Å². The summed E-state index contributed by atoms with van der Waals surface area (Å²) in [5, 5.41) is 1.25. The van der Waals surface area contributed by atoms with Crippen LogP contribution in [0.2, 0.25) is 0 Å². The number of piperazine rings is 1. The molecule has 1 aromatic heterocycles. The van der Waals surface area contributed by atoms with Gasteiger partial charge in [-0.15, -0.1) is 11.3 Å². The van der Waals surface area contributed by atoms with Crippen LogP contribution < -0.4 is 0 Å². The maximum absolute atomic E-state index is 12.8. The average Bonchev–Trinajstić information content (AvgIpc) is 3.23. The van der Waals surface area contributed by atoms with Gasteiger partial charge in [0, 0.05) is 36.6 Å². The minimum Gasteiger partial charge on any atom is -0.336 e. The highest BCUT2D eigenvalue weighted by Crippen LogP contribution is 2.28. The van der Waals surface area contributed by atoms with Gasteiger partial charge in [0.05, 0.1) is 12.2 Å². The molecule has 0 N–H and O–H groups in total. The Balaban J connectivity index is 1.32. The monoisotopic (exact) mass is 383 g/mol. The molecule has 0 spiro atoms. The van der Waals surface area contributed by atoms with Crippen LogP contribution in [0.3, 0.4) is 0 Å². The summed E-state index contributed by atoms with van der Waals surface area (Å²) in [4.78, 5) is 23.5. The Hall–Kier alpha value is -1.72. The summed E-state index contributed by atoms with van der Waals surface area (Å²) < 4.78 is 0. The normalized spacial score (nSPS) is 18.0. The molecule has 4 nitrogen and oxygen atoms in total. The van der Waals surface area contributed by atoms with Crippen LogP contribution in [0.25, 0.3) is 0 Å². The first kappa shape index (κ1) is 18.6. The summed E-state index contributed by atoms with van der Waals surface area (Å²) >= 11 is 1.89. The summed E-state index contributed by atoms with van der Waals surface area (Å²) in [5.41, 5.74) is 3.51. The van der Waals surface area contributed by atoms with Gasteiger partial charge in [0.25, 0.3) is 5.91 Å². The van der Waals surface area contributed by atoms with Gasteiger partial charge in [-0.25, -0.2) is 4.98 Å². The second-order valence-electron chi connectivity index (χ2n) is 8.73. The van der Waals surface area contributed by atoms with E-state index in [-0.39, 0.29) is 11.3 Å². The third-order valence-electron chi connectivity index (χ3n) is 5.66. The number of nitrogens with zero attached hydrogens (tertiary/aromatic N) is 3. The van der Waals surface area contributed by atoms with Gasteiger partial charge in [-0.2, -0.15) is 0 Å². The van der Waals surface area contributed by atoms with Gasteiger partial charge in [-0.3, -0.25) is 9.69 Å². The van der Waals surface area contributed by atoms with E-state index in [0.717, 1.165) is 44.7 Å². The molecule has 1 saturated heterocycles. The van der Waals surface area contributed by atoms with E-state index in [1.54, 1.807) is 0 Å². The first-order chi connectivity index (χ1) is 12.9. The first-order valence-corrected chi connectivity index (χ1v) is 10.8. The summed E-state index contributed by atoms with van der Waals surface area (Å²) in [5.74, 6) is 0.156. The molecule has 0 radical (unpaired) electrons. The summed E-state index contributed by atoms with van der Waals surface area (Å²) in [6, 6.07) is 8.13. The molecule has 27 heavy (non-hydrogen) atoms. The largest absolute Gasteiger partial charge is 0.336 e. The molecule has 5 heteroatoms. The van der Waals surface area contributed by atoms with Crippen molar-refractivity contribution >= 4 is 17.2 Å². The van der Waals surface area contributed by atoms with Crippen molar-refractivity contribution in [1.82, 2.24) is 14.8 Å². The SMILES string of the molecule is CC(C)(C)c1ccc(C(=O)N2CCN(Cc3nc4c(s3)CCC4)CC2)cc1. The van der Waals surface area contributed by atoms with Crippen LogP contribution >= 0.6 is 11.3 Å². The van der Waals surface area contributed by atoms with Crippen LogP contribution in [0, 0.1) is 0 Å². The van der Waals surface area contributed by atoms with Crippen LogP contribution in [0.1, 0.15) is 58.7 Å². The highest BCUT2D eigenvalue weighted by Gasteiger charge is 2.24. The van der Waals surface area contributed by atoms with Crippen molar-refractivity contribution in [3.05, 3.63) is 51.0 Å². The fraction of sp³-hybridized carbons (Fsp3) is 0.545. The third kappa shape index (κ3) is 4.09. The maximum Gasteiger partial charge on any atom is 0.253 e. The lowest BCUT2D eigenvalue weighted by atomic mass is 9.86. The van der Waals surface area contributed by atoms with Gasteiger partial charge >= 0.3 is 0 Å². The van der Waals surface area contributed by atoms with Gasteiger partial charge < -0.3 is 4.90 Å². The van der Waals surface area contributed by atoms with E-state index in [2.05, 4.69) is 37.8 Å². The predicted octanol–water partition coefficient (Wildman–Crippen LogP) is 3.89. The lowest BCUT2D eigenvalue weighted by molar-refractivity contribution is 0.0628. The van der Waals surface area contributed by atoms with Crippen molar-refractivity contribution in [1.29, 1.82) is 0 Å². The molecular weight excluding hydrogens is 354 g/mol. The number of aryl methyl sites for hydroxylation is 2. The number of benzene rings is 1. The number of hydrogen-bond acceptors (Lipinski definition) is 4. The van der Waals surface area contributed by atoms with Gasteiger partial charge in [-0.05, 0) is 42.4 Å². The van der Waals surface area contributed by atoms with Crippen molar-refractivity contribution in [2.45, 2.75) is 52.0 Å². The fourth-order valence-corrected chi connectivity index (χ4v) is 5.11. The summed E-state index contributed by atoms with van der Waals surface area (Å²) in [6.07, 6.45) is 3.64. The van der Waals surface area contributed by atoms with E-state index in [4.69, 9.17) is 4.98 Å². The molecule has 0 bridgehead atoms. The molecule has 1 aromatic carbocycles. The molecule has 2 aromatic rings. The number of amides is 1. The van der Waals surface area contributed by atoms with Crippen LogP contribution in [0.5, 0.6) is 0 Å². The molecule has 0 saturated carbocycles. The van der Waals surface area contributed by atoms with Crippen molar-refractivity contribution < 1.29 is 4.79 Å². The maximum atomic E-state index is 12.8. The Kier molecular flexibility index (Phi) is 5.08. The molecule has 144 valence electrons. The van der Waals surface area contributed by atoms with Gasteiger partial charge in [0.2, 0.25) is 0 Å². The Labute approximate surface area is 166 Å². The minimum atomic E-state index is 0.114. The Morgan fingerprint density at radius 1 is 1.07 bits per heavy atom.